The Bertz CT molecular complexity index is 1000. The predicted octanol–water partition coefficient (Wildman–Crippen LogP) is 5.42. The summed E-state index contributed by atoms with van der Waals surface area (Å²) >= 11 is 0. The van der Waals surface area contributed by atoms with Crippen molar-refractivity contribution in [3.8, 4) is 11.5 Å². The van der Waals surface area contributed by atoms with Crippen LogP contribution in [-0.2, 0) is 10.3 Å². The lowest BCUT2D eigenvalue weighted by Gasteiger charge is -2.66. The number of ether oxygens (including phenoxy) is 2. The smallest absolute Gasteiger partial charge is 0.161 e. The van der Waals surface area contributed by atoms with Crippen molar-refractivity contribution in [2.24, 2.45) is 33.7 Å². The number of benzene rings is 1. The highest BCUT2D eigenvalue weighted by molar-refractivity contribution is 5.86. The first kappa shape index (κ1) is 21.5. The second-order valence-corrected chi connectivity index (χ2v) is 12.7. The van der Waals surface area contributed by atoms with Gasteiger partial charge in [0, 0.05) is 17.9 Å². The second kappa shape index (κ2) is 7.38. The third-order valence-corrected chi connectivity index (χ3v) is 11.7. The number of fused-ring (bicyclic) bond motifs is 2. The van der Waals surface area contributed by atoms with E-state index in [1.807, 2.05) is 0 Å². The summed E-state index contributed by atoms with van der Waals surface area (Å²) in [5.74, 6) is 4.87. The molecule has 6 aliphatic rings. The molecule has 5 heteroatoms. The zero-order chi connectivity index (χ0) is 23.1. The van der Waals surface area contributed by atoms with Gasteiger partial charge in [0.1, 0.15) is 6.61 Å². The van der Waals surface area contributed by atoms with Gasteiger partial charge >= 0.3 is 0 Å². The number of hydrogen-bond acceptors (Lipinski definition) is 5. The van der Waals surface area contributed by atoms with E-state index in [2.05, 4.69) is 30.1 Å². The largest absolute Gasteiger partial charge is 0.493 e. The number of likely N-dealkylation sites (tertiary alicyclic amines) is 1. The van der Waals surface area contributed by atoms with Crippen molar-refractivity contribution in [3.05, 3.63) is 23.8 Å². The average Bonchev–Trinajstić information content (AvgIpc) is 3.45. The third kappa shape index (κ3) is 2.74. The lowest BCUT2D eigenvalue weighted by atomic mass is 9.38. The fraction of sp³-hybridized carbons (Fsp3) is 0.759. The van der Waals surface area contributed by atoms with Crippen molar-refractivity contribution < 1.29 is 14.3 Å². The van der Waals surface area contributed by atoms with E-state index in [0.717, 1.165) is 67.1 Å². The summed E-state index contributed by atoms with van der Waals surface area (Å²) in [6, 6.07) is 6.98. The fourth-order valence-corrected chi connectivity index (χ4v) is 10.1. The van der Waals surface area contributed by atoms with Crippen LogP contribution in [0.5, 0.6) is 11.5 Å². The number of likely N-dealkylation sites (N-methyl/N-ethyl adjacent to an activating group) is 1. The maximum Gasteiger partial charge on any atom is 0.161 e. The molecule has 1 saturated heterocycles. The number of rotatable bonds is 7. The summed E-state index contributed by atoms with van der Waals surface area (Å²) < 4.78 is 11.1. The van der Waals surface area contributed by atoms with Crippen LogP contribution >= 0.6 is 0 Å². The van der Waals surface area contributed by atoms with Gasteiger partial charge in [0.05, 0.1) is 19.9 Å². The predicted molar refractivity (Wildman–Crippen MR) is 133 cm³/mol. The monoisotopic (exact) mass is 464 g/mol. The van der Waals surface area contributed by atoms with Crippen molar-refractivity contribution in [3.63, 3.8) is 0 Å². The van der Waals surface area contributed by atoms with E-state index >= 15 is 0 Å². The molecule has 5 aliphatic carbocycles. The summed E-state index contributed by atoms with van der Waals surface area (Å²) in [4.78, 5) is 8.57. The molecule has 2 unspecified atom stereocenters. The molecule has 5 nitrogen and oxygen atoms in total. The van der Waals surface area contributed by atoms with Gasteiger partial charge in [-0.05, 0) is 118 Å². The Morgan fingerprint density at radius 3 is 2.53 bits per heavy atom. The Balaban J connectivity index is 1.01. The molecule has 34 heavy (non-hydrogen) atoms. The summed E-state index contributed by atoms with van der Waals surface area (Å²) in [6.45, 7) is 1.94. The molecule has 1 aromatic carbocycles. The normalized spacial score (nSPS) is 44.9. The van der Waals surface area contributed by atoms with Crippen molar-refractivity contribution in [2.75, 3.05) is 34.4 Å². The minimum Gasteiger partial charge on any atom is -0.493 e. The maximum atomic E-state index is 6.04. The van der Waals surface area contributed by atoms with Crippen LogP contribution in [0.25, 0.3) is 0 Å². The molecular weight excluding hydrogens is 424 g/mol. The second-order valence-electron chi connectivity index (χ2n) is 12.7. The highest BCUT2D eigenvalue weighted by Gasteiger charge is 2.76. The van der Waals surface area contributed by atoms with Gasteiger partial charge < -0.3 is 19.2 Å². The quantitative estimate of drug-likeness (QED) is 0.399. The lowest BCUT2D eigenvalue weighted by Crippen LogP contribution is -2.59. The first-order valence-corrected chi connectivity index (χ1v) is 13.6. The summed E-state index contributed by atoms with van der Waals surface area (Å²) in [5.41, 5.74) is 4.21. The van der Waals surface area contributed by atoms with Crippen LogP contribution in [-0.4, -0.2) is 51.1 Å². The van der Waals surface area contributed by atoms with Crippen LogP contribution in [0.4, 0.5) is 0 Å². The van der Waals surface area contributed by atoms with E-state index in [0.29, 0.717) is 11.5 Å². The Morgan fingerprint density at radius 2 is 1.82 bits per heavy atom. The molecular formula is C29H40N2O3. The van der Waals surface area contributed by atoms with Gasteiger partial charge in [-0.1, -0.05) is 11.2 Å². The third-order valence-electron chi connectivity index (χ3n) is 11.7. The van der Waals surface area contributed by atoms with Crippen LogP contribution in [0.3, 0.4) is 0 Å². The standard InChI is InChI=1S/C29H40N2O3/c1-31-10-8-28(19-4-5-24(32-2)25(14-19)33-3)7-6-23(15-26(28)31)30-34-11-9-27-16-21-12-20-13-22(17-27)29(20,21)18-27/h4-5,14,20-22,26H,6-13,15-18H2,1-3H3/b30-23+/t20?,21?,22?,26-,27?,28-,29?/m0/s1. The average molecular weight is 465 g/mol. The SMILES string of the molecule is COc1ccc([C@@]23CC/C(=N\OCCC45CC6CC7CC(C4)C76C5)C[C@@H]2N(C)CC3)cc1OC. The molecule has 1 aromatic rings. The zero-order valence-corrected chi connectivity index (χ0v) is 21.1. The van der Waals surface area contributed by atoms with Crippen LogP contribution in [0.1, 0.15) is 69.8 Å². The van der Waals surface area contributed by atoms with Gasteiger partial charge in [-0.25, -0.2) is 0 Å². The van der Waals surface area contributed by atoms with E-state index in [-0.39, 0.29) is 5.41 Å². The molecule has 2 bridgehead atoms. The number of hydrogen-bond donors (Lipinski definition) is 0. The molecule has 0 amide bonds. The zero-order valence-electron chi connectivity index (χ0n) is 21.1. The Hall–Kier alpha value is -1.75. The van der Waals surface area contributed by atoms with Crippen LogP contribution in [0, 0.1) is 28.6 Å². The molecule has 6 fully saturated rings. The number of nitrogens with zero attached hydrogens (tertiary/aromatic N) is 2. The summed E-state index contributed by atoms with van der Waals surface area (Å²) in [6.07, 6.45) is 13.1. The minimum absolute atomic E-state index is 0.161. The lowest BCUT2D eigenvalue weighted by molar-refractivity contribution is -0.177. The molecule has 1 spiro atoms. The Labute approximate surface area is 204 Å². The van der Waals surface area contributed by atoms with E-state index in [1.54, 1.807) is 14.2 Å². The molecule has 0 aromatic heterocycles. The van der Waals surface area contributed by atoms with E-state index in [9.17, 15) is 0 Å². The van der Waals surface area contributed by atoms with Crippen molar-refractivity contribution in [1.82, 2.24) is 4.90 Å². The molecule has 7 rings (SSSR count). The van der Waals surface area contributed by atoms with Crippen LogP contribution in [0.15, 0.2) is 23.4 Å². The van der Waals surface area contributed by atoms with Crippen LogP contribution in [0.2, 0.25) is 0 Å². The first-order valence-electron chi connectivity index (χ1n) is 13.6. The van der Waals surface area contributed by atoms with Gasteiger partial charge in [0.25, 0.3) is 0 Å². The van der Waals surface area contributed by atoms with Crippen LogP contribution < -0.4 is 9.47 Å². The summed E-state index contributed by atoms with van der Waals surface area (Å²) in [5, 5.41) is 4.73. The molecule has 5 saturated carbocycles. The van der Waals surface area contributed by atoms with Crippen molar-refractivity contribution >= 4 is 5.71 Å². The minimum atomic E-state index is 0.161. The highest BCUT2D eigenvalue weighted by Crippen LogP contribution is 2.85. The molecule has 0 radical (unpaired) electrons. The van der Waals surface area contributed by atoms with E-state index in [4.69, 9.17) is 19.5 Å². The molecule has 1 aliphatic heterocycles. The van der Waals surface area contributed by atoms with E-state index in [1.165, 1.54) is 56.2 Å². The fourth-order valence-electron chi connectivity index (χ4n) is 10.1. The van der Waals surface area contributed by atoms with Gasteiger partial charge in [-0.2, -0.15) is 0 Å². The van der Waals surface area contributed by atoms with Crippen molar-refractivity contribution in [2.45, 2.75) is 75.7 Å². The van der Waals surface area contributed by atoms with Gasteiger partial charge in [-0.15, -0.1) is 0 Å². The molecule has 0 N–H and O–H groups in total. The molecule has 4 atom stereocenters. The summed E-state index contributed by atoms with van der Waals surface area (Å²) in [7, 11) is 5.70. The van der Waals surface area contributed by atoms with Crippen molar-refractivity contribution in [1.29, 1.82) is 0 Å². The highest BCUT2D eigenvalue weighted by atomic mass is 16.6. The Morgan fingerprint density at radius 1 is 1.03 bits per heavy atom. The van der Waals surface area contributed by atoms with Gasteiger partial charge in [0.15, 0.2) is 11.5 Å². The van der Waals surface area contributed by atoms with Gasteiger partial charge in [0.2, 0.25) is 0 Å². The Kier molecular flexibility index (Phi) is 4.67. The topological polar surface area (TPSA) is 43.3 Å². The molecule has 1 heterocycles. The maximum absolute atomic E-state index is 6.04. The number of oxime groups is 1. The first-order chi connectivity index (χ1) is 16.5. The van der Waals surface area contributed by atoms with Gasteiger partial charge in [-0.3, -0.25) is 0 Å². The molecule has 184 valence electrons. The number of methoxy groups -OCH3 is 2. The van der Waals surface area contributed by atoms with E-state index < -0.39 is 0 Å².